The van der Waals surface area contributed by atoms with Crippen molar-refractivity contribution in [2.75, 3.05) is 19.3 Å². The van der Waals surface area contributed by atoms with Gasteiger partial charge in [0.2, 0.25) is 0 Å². The molecule has 24 heavy (non-hydrogen) atoms. The van der Waals surface area contributed by atoms with Gasteiger partial charge in [-0.2, -0.15) is 0 Å². The van der Waals surface area contributed by atoms with Crippen molar-refractivity contribution < 1.29 is 9.90 Å². The van der Waals surface area contributed by atoms with Gasteiger partial charge >= 0.3 is 0 Å². The monoisotopic (exact) mass is 341 g/mol. The number of nitrogens with zero attached hydrogens (tertiary/aromatic N) is 1. The average Bonchev–Trinajstić information content (AvgIpc) is 2.67. The van der Waals surface area contributed by atoms with Crippen LogP contribution in [0.3, 0.4) is 0 Å². The third-order valence-electron chi connectivity index (χ3n) is 4.75. The highest BCUT2D eigenvalue weighted by atomic mass is 32.2. The Morgan fingerprint density at radius 3 is 2.38 bits per heavy atom. The maximum absolute atomic E-state index is 12.8. The van der Waals surface area contributed by atoms with Crippen LogP contribution in [-0.4, -0.2) is 35.3 Å². The number of aliphatic hydroxyl groups is 1. The Hall–Kier alpha value is -1.78. The second-order valence-corrected chi connectivity index (χ2v) is 7.03. The summed E-state index contributed by atoms with van der Waals surface area (Å²) in [6, 6.07) is 17.6. The fourth-order valence-corrected chi connectivity index (χ4v) is 3.92. The van der Waals surface area contributed by atoms with E-state index < -0.39 is 6.10 Å². The summed E-state index contributed by atoms with van der Waals surface area (Å²) in [6.45, 7) is 1.41. The molecule has 1 heterocycles. The fraction of sp³-hybridized carbons (Fsp3) is 0.350. The molecule has 1 fully saturated rings. The first-order chi connectivity index (χ1) is 11.7. The van der Waals surface area contributed by atoms with Crippen LogP contribution in [0, 0.1) is 5.92 Å². The molecule has 1 amide bonds. The lowest BCUT2D eigenvalue weighted by Crippen LogP contribution is -2.40. The predicted molar refractivity (Wildman–Crippen MR) is 98.3 cm³/mol. The number of thioether (sulfide) groups is 1. The number of carbonyl (C=O) groups excluding carboxylic acids is 1. The molecule has 1 aliphatic rings. The van der Waals surface area contributed by atoms with Gasteiger partial charge in [0, 0.05) is 18.0 Å². The molecule has 4 heteroatoms. The Balaban J connectivity index is 1.64. The SMILES string of the molecule is CSc1ccccc1C(=O)N1CCC([C@@H](O)c2ccccc2)CC1. The Bertz CT molecular complexity index is 681. The third kappa shape index (κ3) is 3.65. The minimum Gasteiger partial charge on any atom is -0.388 e. The van der Waals surface area contributed by atoms with Gasteiger partial charge in [-0.25, -0.2) is 0 Å². The molecule has 0 bridgehead atoms. The van der Waals surface area contributed by atoms with Crippen LogP contribution in [0.15, 0.2) is 59.5 Å². The van der Waals surface area contributed by atoms with Crippen molar-refractivity contribution in [1.82, 2.24) is 4.90 Å². The molecular weight excluding hydrogens is 318 g/mol. The van der Waals surface area contributed by atoms with E-state index in [0.29, 0.717) is 13.1 Å². The Kier molecular flexibility index (Phi) is 5.59. The zero-order valence-corrected chi connectivity index (χ0v) is 14.7. The van der Waals surface area contributed by atoms with Gasteiger partial charge in [0.15, 0.2) is 0 Å². The molecule has 0 aromatic heterocycles. The molecule has 3 nitrogen and oxygen atoms in total. The minimum atomic E-state index is -0.443. The van der Waals surface area contributed by atoms with Crippen LogP contribution in [-0.2, 0) is 0 Å². The van der Waals surface area contributed by atoms with Crippen molar-refractivity contribution in [3.8, 4) is 0 Å². The summed E-state index contributed by atoms with van der Waals surface area (Å²) in [5.74, 6) is 0.319. The maximum Gasteiger partial charge on any atom is 0.254 e. The number of amides is 1. The Labute approximate surface area is 147 Å². The number of likely N-dealkylation sites (tertiary alicyclic amines) is 1. The van der Waals surface area contributed by atoms with E-state index >= 15 is 0 Å². The summed E-state index contributed by atoms with van der Waals surface area (Å²) in [7, 11) is 0. The van der Waals surface area contributed by atoms with Gasteiger partial charge in [0.05, 0.1) is 11.7 Å². The van der Waals surface area contributed by atoms with Crippen molar-refractivity contribution in [2.24, 2.45) is 5.92 Å². The van der Waals surface area contributed by atoms with Gasteiger partial charge in [0.25, 0.3) is 5.91 Å². The largest absolute Gasteiger partial charge is 0.388 e. The maximum atomic E-state index is 12.8. The zero-order valence-electron chi connectivity index (χ0n) is 13.9. The van der Waals surface area contributed by atoms with E-state index in [1.165, 1.54) is 0 Å². The number of piperidine rings is 1. The van der Waals surface area contributed by atoms with Crippen molar-refractivity contribution in [2.45, 2.75) is 23.8 Å². The molecule has 3 rings (SSSR count). The third-order valence-corrected chi connectivity index (χ3v) is 5.55. The van der Waals surface area contributed by atoms with Crippen LogP contribution in [0.5, 0.6) is 0 Å². The molecule has 1 N–H and O–H groups in total. The number of hydrogen-bond acceptors (Lipinski definition) is 3. The molecule has 0 aliphatic carbocycles. The van der Waals surface area contributed by atoms with E-state index in [1.807, 2.05) is 65.8 Å². The van der Waals surface area contributed by atoms with E-state index in [0.717, 1.165) is 28.9 Å². The number of benzene rings is 2. The van der Waals surface area contributed by atoms with E-state index in [9.17, 15) is 9.90 Å². The molecule has 126 valence electrons. The van der Waals surface area contributed by atoms with Crippen LogP contribution in [0.2, 0.25) is 0 Å². The van der Waals surface area contributed by atoms with Crippen LogP contribution < -0.4 is 0 Å². The van der Waals surface area contributed by atoms with E-state index in [4.69, 9.17) is 0 Å². The van der Waals surface area contributed by atoms with Crippen LogP contribution in [0.4, 0.5) is 0 Å². The van der Waals surface area contributed by atoms with Gasteiger partial charge in [-0.1, -0.05) is 42.5 Å². The lowest BCUT2D eigenvalue weighted by molar-refractivity contribution is 0.0460. The molecule has 2 aromatic carbocycles. The lowest BCUT2D eigenvalue weighted by atomic mass is 9.87. The summed E-state index contributed by atoms with van der Waals surface area (Å²) in [5.41, 5.74) is 1.75. The van der Waals surface area contributed by atoms with Crippen molar-refractivity contribution in [1.29, 1.82) is 0 Å². The summed E-state index contributed by atoms with van der Waals surface area (Å²) < 4.78 is 0. The highest BCUT2D eigenvalue weighted by Gasteiger charge is 2.29. The predicted octanol–water partition coefficient (Wildman–Crippen LogP) is 3.99. The molecule has 0 unspecified atom stereocenters. The van der Waals surface area contributed by atoms with Crippen LogP contribution in [0.1, 0.15) is 34.9 Å². The first-order valence-electron chi connectivity index (χ1n) is 8.36. The molecule has 0 radical (unpaired) electrons. The molecule has 0 saturated carbocycles. The van der Waals surface area contributed by atoms with Crippen LogP contribution in [0.25, 0.3) is 0 Å². The number of aliphatic hydroxyl groups excluding tert-OH is 1. The van der Waals surface area contributed by atoms with Gasteiger partial charge in [-0.15, -0.1) is 11.8 Å². The molecule has 1 atom stereocenters. The summed E-state index contributed by atoms with van der Waals surface area (Å²) >= 11 is 1.60. The quantitative estimate of drug-likeness (QED) is 0.855. The second-order valence-electron chi connectivity index (χ2n) is 6.19. The Morgan fingerprint density at radius 2 is 1.71 bits per heavy atom. The summed E-state index contributed by atoms with van der Waals surface area (Å²) in [6.07, 6.45) is 3.23. The van der Waals surface area contributed by atoms with E-state index in [2.05, 4.69) is 0 Å². The highest BCUT2D eigenvalue weighted by molar-refractivity contribution is 7.98. The zero-order chi connectivity index (χ0) is 16.9. The smallest absolute Gasteiger partial charge is 0.254 e. The first kappa shape index (κ1) is 17.1. The van der Waals surface area contributed by atoms with Crippen LogP contribution >= 0.6 is 11.8 Å². The Morgan fingerprint density at radius 1 is 1.08 bits per heavy atom. The standard InChI is InChI=1S/C20H23NO2S/c1-24-18-10-6-5-9-17(18)20(23)21-13-11-16(12-14-21)19(22)15-7-3-2-4-8-15/h2-10,16,19,22H,11-14H2,1H3/t19-/m0/s1. The molecule has 1 aliphatic heterocycles. The average molecular weight is 341 g/mol. The normalized spacial score (nSPS) is 16.8. The number of hydrogen-bond donors (Lipinski definition) is 1. The summed E-state index contributed by atoms with van der Waals surface area (Å²) in [5, 5.41) is 10.6. The van der Waals surface area contributed by atoms with E-state index in [1.54, 1.807) is 11.8 Å². The number of carbonyl (C=O) groups is 1. The topological polar surface area (TPSA) is 40.5 Å². The fourth-order valence-electron chi connectivity index (χ4n) is 3.33. The van der Waals surface area contributed by atoms with Gasteiger partial charge in [0.1, 0.15) is 0 Å². The molecule has 0 spiro atoms. The lowest BCUT2D eigenvalue weighted by Gasteiger charge is -2.34. The second kappa shape index (κ2) is 7.86. The van der Waals surface area contributed by atoms with Gasteiger partial charge in [-0.05, 0) is 42.7 Å². The van der Waals surface area contributed by atoms with Crippen molar-refractivity contribution in [3.05, 3.63) is 65.7 Å². The van der Waals surface area contributed by atoms with E-state index in [-0.39, 0.29) is 11.8 Å². The van der Waals surface area contributed by atoms with Crippen molar-refractivity contribution in [3.63, 3.8) is 0 Å². The number of rotatable bonds is 4. The minimum absolute atomic E-state index is 0.104. The van der Waals surface area contributed by atoms with Crippen molar-refractivity contribution >= 4 is 17.7 Å². The molecule has 2 aromatic rings. The summed E-state index contributed by atoms with van der Waals surface area (Å²) in [4.78, 5) is 15.7. The van der Waals surface area contributed by atoms with Gasteiger partial charge in [-0.3, -0.25) is 4.79 Å². The molecular formula is C20H23NO2S. The highest BCUT2D eigenvalue weighted by Crippen LogP contribution is 2.31. The van der Waals surface area contributed by atoms with Gasteiger partial charge < -0.3 is 10.0 Å². The first-order valence-corrected chi connectivity index (χ1v) is 9.58. The molecule has 1 saturated heterocycles.